The van der Waals surface area contributed by atoms with Crippen molar-refractivity contribution in [2.45, 2.75) is 12.8 Å². The molecule has 0 spiro atoms. The Kier molecular flexibility index (Phi) is 4.54. The van der Waals surface area contributed by atoms with Crippen molar-refractivity contribution in [2.24, 2.45) is 5.73 Å². The topological polar surface area (TPSA) is 49.6 Å². The summed E-state index contributed by atoms with van der Waals surface area (Å²) in [6, 6.07) is 4.62. The molecule has 1 amide bonds. The maximum atomic E-state index is 13.8. The van der Waals surface area contributed by atoms with Crippen LogP contribution in [0.3, 0.4) is 0 Å². The SMILES string of the molecule is CN(CC(=O)N1CCCC1)c1ccc(C(N)=S)c(F)c1. The molecule has 1 heterocycles. The molecule has 0 aromatic heterocycles. The number of nitrogens with zero attached hydrogens (tertiary/aromatic N) is 2. The fourth-order valence-corrected chi connectivity index (χ4v) is 2.47. The summed E-state index contributed by atoms with van der Waals surface area (Å²) in [6.45, 7) is 1.88. The van der Waals surface area contributed by atoms with Crippen molar-refractivity contribution in [2.75, 3.05) is 31.6 Å². The molecule has 0 atom stereocenters. The van der Waals surface area contributed by atoms with E-state index < -0.39 is 5.82 Å². The van der Waals surface area contributed by atoms with Crippen LogP contribution in [0, 0.1) is 5.82 Å². The number of likely N-dealkylation sites (tertiary alicyclic amines) is 1. The largest absolute Gasteiger partial charge is 0.389 e. The Morgan fingerprint density at radius 3 is 2.65 bits per heavy atom. The van der Waals surface area contributed by atoms with E-state index in [0.717, 1.165) is 25.9 Å². The molecule has 0 bridgehead atoms. The summed E-state index contributed by atoms with van der Waals surface area (Å²) < 4.78 is 13.8. The molecular weight excluding hydrogens is 277 g/mol. The quantitative estimate of drug-likeness (QED) is 0.856. The van der Waals surface area contributed by atoms with Crippen molar-refractivity contribution in [3.8, 4) is 0 Å². The Balaban J connectivity index is 2.05. The van der Waals surface area contributed by atoms with Crippen molar-refractivity contribution in [3.05, 3.63) is 29.6 Å². The van der Waals surface area contributed by atoms with Gasteiger partial charge >= 0.3 is 0 Å². The third-order valence-electron chi connectivity index (χ3n) is 3.49. The summed E-state index contributed by atoms with van der Waals surface area (Å²) in [4.78, 5) is 15.6. The molecular formula is C14H18FN3OS. The van der Waals surface area contributed by atoms with Crippen LogP contribution in [-0.4, -0.2) is 42.5 Å². The zero-order chi connectivity index (χ0) is 14.7. The summed E-state index contributed by atoms with van der Waals surface area (Å²) in [6.07, 6.45) is 2.12. The van der Waals surface area contributed by atoms with Gasteiger partial charge in [-0.1, -0.05) is 12.2 Å². The van der Waals surface area contributed by atoms with Gasteiger partial charge in [0.15, 0.2) is 0 Å². The van der Waals surface area contributed by atoms with E-state index >= 15 is 0 Å². The van der Waals surface area contributed by atoms with Crippen LogP contribution >= 0.6 is 12.2 Å². The van der Waals surface area contributed by atoms with Crippen LogP contribution in [0.4, 0.5) is 10.1 Å². The van der Waals surface area contributed by atoms with Crippen molar-refractivity contribution in [1.29, 1.82) is 0 Å². The van der Waals surface area contributed by atoms with Gasteiger partial charge in [-0.2, -0.15) is 0 Å². The smallest absolute Gasteiger partial charge is 0.242 e. The Hall–Kier alpha value is -1.69. The highest BCUT2D eigenvalue weighted by Crippen LogP contribution is 2.18. The highest BCUT2D eigenvalue weighted by molar-refractivity contribution is 7.80. The number of nitrogens with two attached hydrogens (primary N) is 1. The molecule has 0 unspecified atom stereocenters. The molecule has 1 aliphatic rings. The average molecular weight is 295 g/mol. The Labute approximate surface area is 123 Å². The Morgan fingerprint density at radius 1 is 1.45 bits per heavy atom. The van der Waals surface area contributed by atoms with Crippen LogP contribution in [0.1, 0.15) is 18.4 Å². The van der Waals surface area contributed by atoms with Crippen LogP contribution in [0.2, 0.25) is 0 Å². The van der Waals surface area contributed by atoms with Crippen LogP contribution in [0.25, 0.3) is 0 Å². The lowest BCUT2D eigenvalue weighted by Crippen LogP contribution is -2.37. The first-order valence-electron chi connectivity index (χ1n) is 6.57. The number of likely N-dealkylation sites (N-methyl/N-ethyl adjacent to an activating group) is 1. The van der Waals surface area contributed by atoms with Crippen molar-refractivity contribution in [1.82, 2.24) is 4.90 Å². The number of anilines is 1. The lowest BCUT2D eigenvalue weighted by atomic mass is 10.2. The first-order chi connectivity index (χ1) is 9.49. The minimum Gasteiger partial charge on any atom is -0.389 e. The lowest BCUT2D eigenvalue weighted by Gasteiger charge is -2.23. The zero-order valence-corrected chi connectivity index (χ0v) is 12.3. The van der Waals surface area contributed by atoms with Gasteiger partial charge in [-0.15, -0.1) is 0 Å². The van der Waals surface area contributed by atoms with Crippen molar-refractivity contribution < 1.29 is 9.18 Å². The second-order valence-electron chi connectivity index (χ2n) is 4.97. The van der Waals surface area contributed by atoms with Gasteiger partial charge in [0.25, 0.3) is 0 Å². The number of halogens is 1. The third-order valence-corrected chi connectivity index (χ3v) is 3.71. The summed E-state index contributed by atoms with van der Waals surface area (Å²) in [7, 11) is 1.77. The van der Waals surface area contributed by atoms with Gasteiger partial charge < -0.3 is 15.5 Å². The fourth-order valence-electron chi connectivity index (χ4n) is 2.30. The van der Waals surface area contributed by atoms with Gasteiger partial charge in [-0.05, 0) is 31.0 Å². The number of carbonyl (C=O) groups is 1. The summed E-state index contributed by atoms with van der Waals surface area (Å²) in [5, 5.41) is 0. The van der Waals surface area contributed by atoms with Gasteiger partial charge in [0.2, 0.25) is 5.91 Å². The van der Waals surface area contributed by atoms with Gasteiger partial charge in [-0.25, -0.2) is 4.39 Å². The van der Waals surface area contributed by atoms with Crippen molar-refractivity contribution in [3.63, 3.8) is 0 Å². The standard InChI is InChI=1S/C14H18FN3OS/c1-17(9-13(19)18-6-2-3-7-18)10-4-5-11(14(16)20)12(15)8-10/h4-5,8H,2-3,6-7,9H2,1H3,(H2,16,20). The van der Waals surface area contributed by atoms with E-state index in [1.54, 1.807) is 24.1 Å². The van der Waals surface area contributed by atoms with Gasteiger partial charge in [0.1, 0.15) is 10.8 Å². The highest BCUT2D eigenvalue weighted by atomic mass is 32.1. The average Bonchev–Trinajstić information content (AvgIpc) is 2.91. The second-order valence-corrected chi connectivity index (χ2v) is 5.41. The third kappa shape index (κ3) is 3.25. The van der Waals surface area contributed by atoms with Crippen LogP contribution in [0.5, 0.6) is 0 Å². The summed E-state index contributed by atoms with van der Waals surface area (Å²) >= 11 is 4.76. The predicted molar refractivity (Wildman–Crippen MR) is 81.4 cm³/mol. The lowest BCUT2D eigenvalue weighted by molar-refractivity contribution is -0.128. The van der Waals surface area contributed by atoms with E-state index in [-0.39, 0.29) is 23.0 Å². The van der Waals surface area contributed by atoms with Crippen LogP contribution in [-0.2, 0) is 4.79 Å². The van der Waals surface area contributed by atoms with Gasteiger partial charge in [0, 0.05) is 31.4 Å². The molecule has 4 nitrogen and oxygen atoms in total. The summed E-state index contributed by atoms with van der Waals surface area (Å²) in [5.74, 6) is -0.390. The van der Waals surface area contributed by atoms with Crippen LogP contribution < -0.4 is 10.6 Å². The number of carbonyl (C=O) groups excluding carboxylic acids is 1. The molecule has 0 radical (unpaired) electrons. The first kappa shape index (κ1) is 14.7. The van der Waals surface area contributed by atoms with E-state index in [1.165, 1.54) is 6.07 Å². The van der Waals surface area contributed by atoms with Gasteiger partial charge in [0.05, 0.1) is 6.54 Å². The highest BCUT2D eigenvalue weighted by Gasteiger charge is 2.19. The predicted octanol–water partition coefficient (Wildman–Crippen LogP) is 1.52. The molecule has 6 heteroatoms. The monoisotopic (exact) mass is 295 g/mol. The number of amides is 1. The number of hydrogen-bond donors (Lipinski definition) is 1. The molecule has 108 valence electrons. The Bertz CT molecular complexity index is 529. The maximum Gasteiger partial charge on any atom is 0.242 e. The molecule has 1 aromatic rings. The normalized spacial score (nSPS) is 14.4. The molecule has 0 aliphatic carbocycles. The minimum atomic E-state index is -0.463. The molecule has 2 N–H and O–H groups in total. The van der Waals surface area contributed by atoms with Crippen molar-refractivity contribution >= 4 is 28.8 Å². The summed E-state index contributed by atoms with van der Waals surface area (Å²) in [5.41, 5.74) is 6.28. The van der Waals surface area contributed by atoms with E-state index in [2.05, 4.69) is 0 Å². The molecule has 1 saturated heterocycles. The molecule has 2 rings (SSSR count). The van der Waals surface area contributed by atoms with Crippen LogP contribution in [0.15, 0.2) is 18.2 Å². The number of benzene rings is 1. The number of rotatable bonds is 4. The fraction of sp³-hybridized carbons (Fsp3) is 0.429. The molecule has 1 fully saturated rings. The molecule has 1 aromatic carbocycles. The van der Waals surface area contributed by atoms with Gasteiger partial charge in [-0.3, -0.25) is 4.79 Å². The van der Waals surface area contributed by atoms with E-state index in [4.69, 9.17) is 18.0 Å². The van der Waals surface area contributed by atoms with E-state index in [1.807, 2.05) is 4.90 Å². The van der Waals surface area contributed by atoms with E-state index in [9.17, 15) is 9.18 Å². The molecule has 0 saturated carbocycles. The zero-order valence-electron chi connectivity index (χ0n) is 11.4. The second kappa shape index (κ2) is 6.17. The van der Waals surface area contributed by atoms with E-state index in [0.29, 0.717) is 5.69 Å². The maximum absolute atomic E-state index is 13.8. The minimum absolute atomic E-state index is 0.0323. The number of hydrogen-bond acceptors (Lipinski definition) is 3. The first-order valence-corrected chi connectivity index (χ1v) is 6.98. The number of thiocarbonyl (C=S) groups is 1. The molecule has 1 aliphatic heterocycles. The Morgan fingerprint density at radius 2 is 2.10 bits per heavy atom. The molecule has 20 heavy (non-hydrogen) atoms.